The van der Waals surface area contributed by atoms with Crippen LogP contribution < -0.4 is 20.5 Å². The molecule has 2 aliphatic rings. The molecule has 0 aliphatic carbocycles. The summed E-state index contributed by atoms with van der Waals surface area (Å²) in [6.45, 7) is 13.6. The molecule has 0 saturated heterocycles. The number of benzene rings is 6. The summed E-state index contributed by atoms with van der Waals surface area (Å²) in [4.78, 5) is 2.52. The zero-order valence-electron chi connectivity index (χ0n) is 27.2. The lowest BCUT2D eigenvalue weighted by Crippen LogP contribution is -2.56. The molecule has 0 bridgehead atoms. The molecule has 3 heterocycles. The van der Waals surface area contributed by atoms with E-state index in [2.05, 4.69) is 156 Å². The van der Waals surface area contributed by atoms with Gasteiger partial charge in [0.05, 0.1) is 11.1 Å². The van der Waals surface area contributed by atoms with Crippen LogP contribution in [0.1, 0.15) is 52.7 Å². The number of para-hydroxylation sites is 2. The van der Waals surface area contributed by atoms with Crippen molar-refractivity contribution in [3.63, 3.8) is 0 Å². The summed E-state index contributed by atoms with van der Waals surface area (Å²) in [6, 6.07) is 39.6. The van der Waals surface area contributed by atoms with Crippen LogP contribution >= 0.6 is 0 Å². The van der Waals surface area contributed by atoms with Crippen molar-refractivity contribution in [2.45, 2.75) is 52.4 Å². The van der Waals surface area contributed by atoms with E-state index in [0.29, 0.717) is 0 Å². The molecule has 0 spiro atoms. The highest BCUT2D eigenvalue weighted by molar-refractivity contribution is 6.88. The zero-order valence-corrected chi connectivity index (χ0v) is 27.2. The molecular weight excluding hydrogens is 561 g/mol. The highest BCUT2D eigenvalue weighted by Crippen LogP contribution is 2.50. The third-order valence-electron chi connectivity index (χ3n) is 9.95. The van der Waals surface area contributed by atoms with Crippen LogP contribution in [0, 0.1) is 0 Å². The van der Waals surface area contributed by atoms with Crippen molar-refractivity contribution < 1.29 is 9.07 Å². The van der Waals surface area contributed by atoms with Gasteiger partial charge >= 0.3 is 6.92 Å². The Hall–Kier alpha value is -4.96. The van der Waals surface area contributed by atoms with Crippen molar-refractivity contribution >= 4 is 67.6 Å². The second-order valence-corrected chi connectivity index (χ2v) is 15.0. The number of hydrogen-bond donors (Lipinski definition) is 0. The quantitative estimate of drug-likeness (QED) is 0.176. The Morgan fingerprint density at radius 1 is 0.587 bits per heavy atom. The molecule has 224 valence electrons. The predicted octanol–water partition coefficient (Wildman–Crippen LogP) is 10.3. The van der Waals surface area contributed by atoms with Gasteiger partial charge in [0.15, 0.2) is 0 Å². The van der Waals surface area contributed by atoms with E-state index in [-0.39, 0.29) is 17.7 Å². The summed E-state index contributed by atoms with van der Waals surface area (Å²) in [7, 11) is 0. The smallest absolute Gasteiger partial charge is 0.432 e. The van der Waals surface area contributed by atoms with Crippen LogP contribution in [0.2, 0.25) is 0 Å². The summed E-state index contributed by atoms with van der Waals surface area (Å²) in [5.74, 6) is 0.901. The average molecular weight is 598 g/mol. The van der Waals surface area contributed by atoms with Crippen LogP contribution in [0.3, 0.4) is 0 Å². The van der Waals surface area contributed by atoms with Crippen molar-refractivity contribution in [1.82, 2.24) is 0 Å². The molecular formula is C42H36BNO2. The first-order valence-corrected chi connectivity index (χ1v) is 16.3. The largest absolute Gasteiger partial charge is 0.551 e. The minimum absolute atomic E-state index is 0.0314. The molecule has 9 rings (SSSR count). The Bertz CT molecular complexity index is 2350. The lowest BCUT2D eigenvalue weighted by atomic mass is 9.48. The zero-order chi connectivity index (χ0) is 31.5. The SMILES string of the molecule is CC(C)(C)c1cc(N2c3ccc4ccccc4c3B3Oc4ccccc4-c4cc5oc6ccccc6c5c2c43)cc(C(C)(C)C)c1. The third kappa shape index (κ3) is 3.86. The minimum Gasteiger partial charge on any atom is -0.551 e. The number of anilines is 3. The summed E-state index contributed by atoms with van der Waals surface area (Å²) >= 11 is 0. The summed E-state index contributed by atoms with van der Waals surface area (Å²) < 4.78 is 13.8. The molecule has 3 nitrogen and oxygen atoms in total. The summed E-state index contributed by atoms with van der Waals surface area (Å²) in [5.41, 5.74) is 12.5. The maximum atomic E-state index is 7.09. The van der Waals surface area contributed by atoms with Crippen LogP contribution in [0.4, 0.5) is 17.1 Å². The molecule has 4 heteroatoms. The van der Waals surface area contributed by atoms with Gasteiger partial charge in [-0.05, 0) is 74.7 Å². The van der Waals surface area contributed by atoms with E-state index in [1.165, 1.54) is 38.4 Å². The van der Waals surface area contributed by atoms with Crippen LogP contribution in [0.25, 0.3) is 43.8 Å². The van der Waals surface area contributed by atoms with Crippen LogP contribution in [-0.2, 0) is 10.8 Å². The molecule has 0 atom stereocenters. The lowest BCUT2D eigenvalue weighted by molar-refractivity contribution is 0.568. The van der Waals surface area contributed by atoms with Gasteiger partial charge in [0.1, 0.15) is 16.9 Å². The highest BCUT2D eigenvalue weighted by Gasteiger charge is 2.45. The third-order valence-corrected chi connectivity index (χ3v) is 9.95. The van der Waals surface area contributed by atoms with Crippen LogP contribution in [0.15, 0.2) is 114 Å². The minimum atomic E-state index is -0.275. The molecule has 0 fully saturated rings. The van der Waals surface area contributed by atoms with Gasteiger partial charge in [0.2, 0.25) is 0 Å². The van der Waals surface area contributed by atoms with Crippen molar-refractivity contribution in [2.24, 2.45) is 0 Å². The maximum absolute atomic E-state index is 7.09. The predicted molar refractivity (Wildman–Crippen MR) is 194 cm³/mol. The fourth-order valence-electron chi connectivity index (χ4n) is 7.53. The Balaban J connectivity index is 1.50. The van der Waals surface area contributed by atoms with Gasteiger partial charge in [0, 0.05) is 33.3 Å². The molecule has 0 N–H and O–H groups in total. The number of nitrogens with zero attached hydrogens (tertiary/aromatic N) is 1. The summed E-state index contributed by atoms with van der Waals surface area (Å²) in [6.07, 6.45) is 0. The standard InChI is InChI=1S/C42H36BNO2/c1-41(2,3)26-21-27(42(4,5)6)23-28(22-26)44-33-20-19-25-13-7-8-14-29(25)38(33)43-39-32(30-15-9-12-18-35(30)46-43)24-36-37(40(39)44)31-16-10-11-17-34(31)45-36/h7-24H,1-6H3. The van der Waals surface area contributed by atoms with Crippen molar-refractivity contribution in [1.29, 1.82) is 0 Å². The molecule has 0 unspecified atom stereocenters. The second kappa shape index (κ2) is 9.29. The molecule has 6 aromatic carbocycles. The monoisotopic (exact) mass is 597 g/mol. The van der Waals surface area contributed by atoms with Crippen LogP contribution in [-0.4, -0.2) is 6.92 Å². The van der Waals surface area contributed by atoms with E-state index in [1.807, 2.05) is 0 Å². The topological polar surface area (TPSA) is 25.6 Å². The van der Waals surface area contributed by atoms with Gasteiger partial charge in [-0.1, -0.05) is 114 Å². The van der Waals surface area contributed by atoms with E-state index < -0.39 is 0 Å². The van der Waals surface area contributed by atoms with Gasteiger partial charge in [-0.25, -0.2) is 0 Å². The molecule has 0 amide bonds. The Kier molecular flexibility index (Phi) is 5.53. The van der Waals surface area contributed by atoms with Gasteiger partial charge in [-0.2, -0.15) is 0 Å². The normalized spacial score (nSPS) is 14.0. The molecule has 7 aromatic rings. The Morgan fingerprint density at radius 3 is 2.02 bits per heavy atom. The highest BCUT2D eigenvalue weighted by atomic mass is 16.4. The van der Waals surface area contributed by atoms with Gasteiger partial charge in [-0.3, -0.25) is 0 Å². The number of rotatable bonds is 1. The van der Waals surface area contributed by atoms with E-state index in [0.717, 1.165) is 50.3 Å². The first-order chi connectivity index (χ1) is 22.1. The van der Waals surface area contributed by atoms with E-state index in [9.17, 15) is 0 Å². The molecule has 46 heavy (non-hydrogen) atoms. The van der Waals surface area contributed by atoms with Crippen molar-refractivity contribution in [3.8, 4) is 16.9 Å². The molecule has 1 aromatic heterocycles. The Morgan fingerprint density at radius 2 is 1.26 bits per heavy atom. The molecule has 0 saturated carbocycles. The average Bonchev–Trinajstić information content (AvgIpc) is 3.42. The fraction of sp³-hybridized carbons (Fsp3) is 0.190. The lowest BCUT2D eigenvalue weighted by Gasteiger charge is -2.41. The number of fused-ring (bicyclic) bond motifs is 10. The van der Waals surface area contributed by atoms with Gasteiger partial charge in [0.25, 0.3) is 0 Å². The van der Waals surface area contributed by atoms with Crippen LogP contribution in [0.5, 0.6) is 5.75 Å². The van der Waals surface area contributed by atoms with Crippen molar-refractivity contribution in [2.75, 3.05) is 4.90 Å². The van der Waals surface area contributed by atoms with Gasteiger partial charge in [-0.15, -0.1) is 0 Å². The second-order valence-electron chi connectivity index (χ2n) is 15.0. The van der Waals surface area contributed by atoms with E-state index >= 15 is 0 Å². The maximum Gasteiger partial charge on any atom is 0.432 e. The van der Waals surface area contributed by atoms with E-state index in [1.54, 1.807) is 0 Å². The van der Waals surface area contributed by atoms with Crippen molar-refractivity contribution in [3.05, 3.63) is 120 Å². The Labute approximate surface area is 270 Å². The van der Waals surface area contributed by atoms with E-state index in [4.69, 9.17) is 9.07 Å². The first-order valence-electron chi connectivity index (χ1n) is 16.3. The fourth-order valence-corrected chi connectivity index (χ4v) is 7.53. The van der Waals surface area contributed by atoms with Gasteiger partial charge < -0.3 is 14.0 Å². The molecule has 0 radical (unpaired) electrons. The molecule has 2 aliphatic heterocycles. The number of hydrogen-bond acceptors (Lipinski definition) is 3. The first kappa shape index (κ1) is 27.4. The summed E-state index contributed by atoms with van der Waals surface area (Å²) in [5, 5.41) is 4.67. The number of furan rings is 1.